The number of carbonyl (C=O) groups is 2. The molecular formula is C35H52N2O3. The average molecular weight is 549 g/mol. The molecule has 2 aromatic carbocycles. The molecule has 2 aromatic rings. The normalized spacial score (nSPS) is 15.0. The summed E-state index contributed by atoms with van der Waals surface area (Å²) in [5.74, 6) is 1.21. The molecule has 5 heteroatoms. The first-order valence-electron chi connectivity index (χ1n) is 16.1. The van der Waals surface area contributed by atoms with Crippen molar-refractivity contribution in [2.45, 2.75) is 116 Å². The third kappa shape index (κ3) is 12.1. The summed E-state index contributed by atoms with van der Waals surface area (Å²) in [6, 6.07) is 17.1. The second kappa shape index (κ2) is 19.3. The van der Waals surface area contributed by atoms with Crippen molar-refractivity contribution in [3.63, 3.8) is 0 Å². The number of benzene rings is 2. The highest BCUT2D eigenvalue weighted by Crippen LogP contribution is 2.28. The van der Waals surface area contributed by atoms with Gasteiger partial charge in [-0.3, -0.25) is 9.59 Å². The number of amides is 2. The number of nitrogens with zero attached hydrogens (tertiary/aromatic N) is 1. The second-order valence-electron chi connectivity index (χ2n) is 11.4. The van der Waals surface area contributed by atoms with Gasteiger partial charge in [-0.05, 0) is 42.8 Å². The van der Waals surface area contributed by atoms with Crippen LogP contribution in [-0.2, 0) is 9.59 Å². The van der Waals surface area contributed by atoms with E-state index in [1.165, 1.54) is 89.9 Å². The van der Waals surface area contributed by atoms with Crippen molar-refractivity contribution in [2.75, 3.05) is 18.0 Å². The first kappa shape index (κ1) is 31.7. The molecule has 1 aliphatic rings. The molecule has 2 amide bonds. The van der Waals surface area contributed by atoms with Crippen molar-refractivity contribution in [3.05, 3.63) is 54.6 Å². The molecule has 5 nitrogen and oxygen atoms in total. The van der Waals surface area contributed by atoms with Crippen molar-refractivity contribution in [2.24, 2.45) is 5.92 Å². The van der Waals surface area contributed by atoms with E-state index >= 15 is 0 Å². The predicted molar refractivity (Wildman–Crippen MR) is 166 cm³/mol. The minimum absolute atomic E-state index is 0.000661. The Balaban J connectivity index is 1.18. The van der Waals surface area contributed by atoms with Crippen molar-refractivity contribution >= 4 is 17.5 Å². The Labute approximate surface area is 243 Å². The first-order chi connectivity index (χ1) is 19.7. The van der Waals surface area contributed by atoms with E-state index in [2.05, 4.69) is 12.2 Å². The number of para-hydroxylation sites is 1. The zero-order valence-corrected chi connectivity index (χ0v) is 24.9. The lowest BCUT2D eigenvalue weighted by Gasteiger charge is -2.17. The molecular weight excluding hydrogens is 496 g/mol. The van der Waals surface area contributed by atoms with Gasteiger partial charge in [-0.25, -0.2) is 0 Å². The number of rotatable bonds is 21. The summed E-state index contributed by atoms with van der Waals surface area (Å²) in [6.45, 7) is 3.41. The standard InChI is InChI=1S/C35H52N2O3/c1-2-3-4-5-6-7-8-9-10-11-12-13-14-15-16-20-27-36-35(39)30-28-34(38)37(29-30)31-23-25-33(26-24-31)40-32-21-18-17-19-22-32/h17-19,21-26,30H,2-16,20,27-29H2,1H3,(H,36,39). The maximum Gasteiger partial charge on any atom is 0.227 e. The van der Waals surface area contributed by atoms with Gasteiger partial charge in [0.25, 0.3) is 0 Å². The van der Waals surface area contributed by atoms with Gasteiger partial charge in [0.05, 0.1) is 5.92 Å². The molecule has 1 aliphatic heterocycles. The number of hydrogen-bond donors (Lipinski definition) is 1. The van der Waals surface area contributed by atoms with Crippen molar-refractivity contribution in [1.29, 1.82) is 0 Å². The molecule has 0 aliphatic carbocycles. The largest absolute Gasteiger partial charge is 0.457 e. The summed E-state index contributed by atoms with van der Waals surface area (Å²) >= 11 is 0. The Morgan fingerprint density at radius 3 is 1.77 bits per heavy atom. The molecule has 1 heterocycles. The highest BCUT2D eigenvalue weighted by Gasteiger charge is 2.34. The molecule has 0 aromatic heterocycles. The minimum atomic E-state index is -0.284. The van der Waals surface area contributed by atoms with Crippen LogP contribution in [0.25, 0.3) is 0 Å². The maximum absolute atomic E-state index is 12.7. The highest BCUT2D eigenvalue weighted by molar-refractivity contribution is 6.00. The summed E-state index contributed by atoms with van der Waals surface area (Å²) < 4.78 is 5.84. The molecule has 1 saturated heterocycles. The van der Waals surface area contributed by atoms with Crippen LogP contribution in [0.5, 0.6) is 11.5 Å². The number of carbonyl (C=O) groups excluding carboxylic acids is 2. The van der Waals surface area contributed by atoms with Crippen LogP contribution in [-0.4, -0.2) is 24.9 Å². The van der Waals surface area contributed by atoms with E-state index in [1.54, 1.807) is 4.90 Å². The van der Waals surface area contributed by atoms with E-state index in [0.29, 0.717) is 13.1 Å². The van der Waals surface area contributed by atoms with Crippen LogP contribution >= 0.6 is 0 Å². The van der Waals surface area contributed by atoms with E-state index in [9.17, 15) is 9.59 Å². The highest BCUT2D eigenvalue weighted by atomic mass is 16.5. The zero-order valence-electron chi connectivity index (χ0n) is 24.9. The summed E-state index contributed by atoms with van der Waals surface area (Å²) in [5, 5.41) is 3.07. The van der Waals surface area contributed by atoms with Gasteiger partial charge in [0.1, 0.15) is 11.5 Å². The van der Waals surface area contributed by atoms with Gasteiger partial charge in [-0.2, -0.15) is 0 Å². The SMILES string of the molecule is CCCCCCCCCCCCCCCCCCNC(=O)C1CC(=O)N(c2ccc(Oc3ccccc3)cc2)C1. The van der Waals surface area contributed by atoms with Crippen LogP contribution in [0, 0.1) is 5.92 Å². The van der Waals surface area contributed by atoms with Gasteiger partial charge in [0, 0.05) is 25.2 Å². The van der Waals surface area contributed by atoms with E-state index in [4.69, 9.17) is 4.74 Å². The van der Waals surface area contributed by atoms with E-state index in [-0.39, 0.29) is 24.2 Å². The molecule has 1 fully saturated rings. The van der Waals surface area contributed by atoms with E-state index < -0.39 is 0 Å². The monoisotopic (exact) mass is 548 g/mol. The van der Waals surface area contributed by atoms with Crippen LogP contribution in [0.2, 0.25) is 0 Å². The van der Waals surface area contributed by atoms with Gasteiger partial charge in [0.15, 0.2) is 0 Å². The minimum Gasteiger partial charge on any atom is -0.457 e. The maximum atomic E-state index is 12.7. The van der Waals surface area contributed by atoms with Crippen molar-refractivity contribution in [3.8, 4) is 11.5 Å². The smallest absolute Gasteiger partial charge is 0.227 e. The predicted octanol–water partition coefficient (Wildman–Crippen LogP) is 9.21. The Morgan fingerprint density at radius 2 is 1.23 bits per heavy atom. The quantitative estimate of drug-likeness (QED) is 0.158. The average Bonchev–Trinajstić information content (AvgIpc) is 3.37. The van der Waals surface area contributed by atoms with Crippen LogP contribution < -0.4 is 15.0 Å². The first-order valence-corrected chi connectivity index (χ1v) is 16.1. The summed E-state index contributed by atoms with van der Waals surface area (Å²) in [5.41, 5.74) is 0.804. The van der Waals surface area contributed by atoms with Gasteiger partial charge >= 0.3 is 0 Å². The lowest BCUT2D eigenvalue weighted by atomic mass is 10.0. The van der Waals surface area contributed by atoms with Crippen molar-refractivity contribution in [1.82, 2.24) is 5.32 Å². The van der Waals surface area contributed by atoms with Crippen LogP contribution in [0.3, 0.4) is 0 Å². The van der Waals surface area contributed by atoms with E-state index in [0.717, 1.165) is 30.0 Å². The number of anilines is 1. The molecule has 0 saturated carbocycles. The van der Waals surface area contributed by atoms with Gasteiger partial charge in [0.2, 0.25) is 11.8 Å². The Bertz CT molecular complexity index is 960. The number of unbranched alkanes of at least 4 members (excludes halogenated alkanes) is 15. The molecule has 0 bridgehead atoms. The third-order valence-electron chi connectivity index (χ3n) is 7.95. The van der Waals surface area contributed by atoms with Gasteiger partial charge < -0.3 is 15.0 Å². The Kier molecular flexibility index (Phi) is 15.3. The van der Waals surface area contributed by atoms with Crippen LogP contribution in [0.15, 0.2) is 54.6 Å². The Morgan fingerprint density at radius 1 is 0.725 bits per heavy atom. The summed E-state index contributed by atoms with van der Waals surface area (Å²) in [6.07, 6.45) is 21.7. The fourth-order valence-corrected chi connectivity index (χ4v) is 5.48. The topological polar surface area (TPSA) is 58.6 Å². The molecule has 40 heavy (non-hydrogen) atoms. The fraction of sp³-hybridized carbons (Fsp3) is 0.600. The van der Waals surface area contributed by atoms with Gasteiger partial charge in [-0.1, -0.05) is 121 Å². The molecule has 3 rings (SSSR count). The molecule has 0 spiro atoms. The Hall–Kier alpha value is -2.82. The van der Waals surface area contributed by atoms with Crippen LogP contribution in [0.1, 0.15) is 116 Å². The summed E-state index contributed by atoms with van der Waals surface area (Å²) in [4.78, 5) is 27.0. The summed E-state index contributed by atoms with van der Waals surface area (Å²) in [7, 11) is 0. The number of ether oxygens (including phenoxy) is 1. The molecule has 1 unspecified atom stereocenters. The van der Waals surface area contributed by atoms with Crippen molar-refractivity contribution < 1.29 is 14.3 Å². The molecule has 1 atom stereocenters. The molecule has 220 valence electrons. The lowest BCUT2D eigenvalue weighted by Crippen LogP contribution is -2.33. The number of hydrogen-bond acceptors (Lipinski definition) is 3. The molecule has 1 N–H and O–H groups in total. The van der Waals surface area contributed by atoms with Gasteiger partial charge in [-0.15, -0.1) is 0 Å². The third-order valence-corrected chi connectivity index (χ3v) is 7.95. The zero-order chi connectivity index (χ0) is 28.3. The number of nitrogens with one attached hydrogen (secondary N) is 1. The second-order valence-corrected chi connectivity index (χ2v) is 11.4. The molecule has 0 radical (unpaired) electrons. The fourth-order valence-electron chi connectivity index (χ4n) is 5.48. The lowest BCUT2D eigenvalue weighted by molar-refractivity contribution is -0.126. The van der Waals surface area contributed by atoms with Crippen LogP contribution in [0.4, 0.5) is 5.69 Å². The van der Waals surface area contributed by atoms with E-state index in [1.807, 2.05) is 54.6 Å².